The van der Waals surface area contributed by atoms with Crippen molar-refractivity contribution in [2.75, 3.05) is 41.7 Å². The lowest BCUT2D eigenvalue weighted by molar-refractivity contribution is 0.652. The summed E-state index contributed by atoms with van der Waals surface area (Å²) in [7, 11) is 0. The first-order valence-electron chi connectivity index (χ1n) is 6.98. The molecule has 0 amide bonds. The molecular formula is C16H17N5. The lowest BCUT2D eigenvalue weighted by Crippen LogP contribution is -2.46. The normalized spacial score (nSPS) is 14.8. The fourth-order valence-corrected chi connectivity index (χ4v) is 2.63. The summed E-state index contributed by atoms with van der Waals surface area (Å²) in [5, 5.41) is 9.14. The molecule has 0 bridgehead atoms. The lowest BCUT2D eigenvalue weighted by Gasteiger charge is -2.37. The second-order valence-electron chi connectivity index (χ2n) is 5.05. The Bertz CT molecular complexity index is 651. The maximum Gasteiger partial charge on any atom is 0.163 e. The summed E-state index contributed by atoms with van der Waals surface area (Å²) < 4.78 is 0. The van der Waals surface area contributed by atoms with Crippen LogP contribution in [0.25, 0.3) is 0 Å². The minimum absolute atomic E-state index is 0.499. The highest BCUT2D eigenvalue weighted by molar-refractivity contribution is 5.58. The van der Waals surface area contributed by atoms with Crippen LogP contribution < -0.4 is 15.5 Å². The van der Waals surface area contributed by atoms with Gasteiger partial charge in [-0.1, -0.05) is 0 Å². The van der Waals surface area contributed by atoms with E-state index >= 15 is 0 Å². The number of rotatable bonds is 2. The van der Waals surface area contributed by atoms with Crippen LogP contribution in [-0.4, -0.2) is 31.2 Å². The summed E-state index contributed by atoms with van der Waals surface area (Å²) in [6.07, 6.45) is 1.66. The molecule has 1 fully saturated rings. The van der Waals surface area contributed by atoms with Crippen molar-refractivity contribution in [3.05, 3.63) is 48.3 Å². The summed E-state index contributed by atoms with van der Waals surface area (Å²) in [6, 6.07) is 14.0. The highest BCUT2D eigenvalue weighted by Crippen LogP contribution is 2.22. The number of hydrogen-bond donors (Lipinski definition) is 1. The predicted octanol–water partition coefficient (Wildman–Crippen LogP) is 1.86. The average Bonchev–Trinajstić information content (AvgIpc) is 2.56. The largest absolute Gasteiger partial charge is 0.399 e. The van der Waals surface area contributed by atoms with E-state index in [1.165, 1.54) is 5.69 Å². The average molecular weight is 279 g/mol. The van der Waals surface area contributed by atoms with Crippen LogP contribution in [0.5, 0.6) is 0 Å². The third-order valence-electron chi connectivity index (χ3n) is 3.77. The number of nitrogens with two attached hydrogens (primary N) is 1. The Kier molecular flexibility index (Phi) is 3.61. The van der Waals surface area contributed by atoms with Gasteiger partial charge < -0.3 is 15.5 Å². The Morgan fingerprint density at radius 3 is 2.33 bits per heavy atom. The van der Waals surface area contributed by atoms with Crippen LogP contribution in [-0.2, 0) is 0 Å². The molecule has 1 aliphatic heterocycles. The minimum atomic E-state index is 0.499. The minimum Gasteiger partial charge on any atom is -0.399 e. The van der Waals surface area contributed by atoms with Crippen molar-refractivity contribution >= 4 is 17.1 Å². The topological polar surface area (TPSA) is 69.2 Å². The van der Waals surface area contributed by atoms with Crippen LogP contribution in [0, 0.1) is 11.3 Å². The van der Waals surface area contributed by atoms with Crippen LogP contribution in [0.1, 0.15) is 5.69 Å². The van der Waals surface area contributed by atoms with Gasteiger partial charge in [0.25, 0.3) is 0 Å². The van der Waals surface area contributed by atoms with Crippen molar-refractivity contribution in [1.82, 2.24) is 4.98 Å². The lowest BCUT2D eigenvalue weighted by atomic mass is 10.2. The number of nitriles is 1. The van der Waals surface area contributed by atoms with Crippen molar-refractivity contribution in [1.29, 1.82) is 5.26 Å². The molecule has 2 N–H and O–H groups in total. The quantitative estimate of drug-likeness (QED) is 0.850. The Hall–Kier alpha value is -2.74. The summed E-state index contributed by atoms with van der Waals surface area (Å²) in [5.74, 6) is 0. The molecule has 0 radical (unpaired) electrons. The van der Waals surface area contributed by atoms with Crippen molar-refractivity contribution in [2.45, 2.75) is 0 Å². The summed E-state index contributed by atoms with van der Waals surface area (Å²) in [5.41, 5.74) is 9.12. The molecule has 0 aliphatic carbocycles. The van der Waals surface area contributed by atoms with Gasteiger partial charge in [-0.25, -0.2) is 4.98 Å². The number of aromatic nitrogens is 1. The third-order valence-corrected chi connectivity index (χ3v) is 3.77. The molecule has 5 heteroatoms. The maximum atomic E-state index is 9.14. The molecule has 1 aromatic carbocycles. The van der Waals surface area contributed by atoms with Gasteiger partial charge in [-0.15, -0.1) is 0 Å². The monoisotopic (exact) mass is 279 g/mol. The number of hydrogen-bond acceptors (Lipinski definition) is 5. The molecule has 3 rings (SSSR count). The van der Waals surface area contributed by atoms with Crippen molar-refractivity contribution in [2.24, 2.45) is 0 Å². The molecule has 5 nitrogen and oxygen atoms in total. The smallest absolute Gasteiger partial charge is 0.163 e. The van der Waals surface area contributed by atoms with Crippen molar-refractivity contribution in [3.8, 4) is 6.07 Å². The van der Waals surface area contributed by atoms with Gasteiger partial charge in [0.2, 0.25) is 0 Å². The molecule has 1 aliphatic rings. The highest BCUT2D eigenvalue weighted by Gasteiger charge is 2.19. The summed E-state index contributed by atoms with van der Waals surface area (Å²) >= 11 is 0. The van der Waals surface area contributed by atoms with Gasteiger partial charge in [0.05, 0.1) is 5.69 Å². The van der Waals surface area contributed by atoms with Crippen molar-refractivity contribution < 1.29 is 0 Å². The molecule has 21 heavy (non-hydrogen) atoms. The summed E-state index contributed by atoms with van der Waals surface area (Å²) in [4.78, 5) is 8.68. The first-order valence-corrected chi connectivity index (χ1v) is 6.98. The molecule has 0 saturated carbocycles. The van der Waals surface area contributed by atoms with Gasteiger partial charge in [-0.05, 0) is 36.4 Å². The van der Waals surface area contributed by atoms with Gasteiger partial charge in [-0.3, -0.25) is 0 Å². The van der Waals surface area contributed by atoms with E-state index in [4.69, 9.17) is 11.0 Å². The first kappa shape index (κ1) is 13.3. The first-order chi connectivity index (χ1) is 10.3. The van der Waals surface area contributed by atoms with Crippen LogP contribution in [0.3, 0.4) is 0 Å². The van der Waals surface area contributed by atoms with Gasteiger partial charge >= 0.3 is 0 Å². The van der Waals surface area contributed by atoms with Crippen LogP contribution in [0.2, 0.25) is 0 Å². The standard InChI is InChI=1S/C16H17N5/c17-12-15-16(2-1-7-19-15)21-10-8-20(9-11-21)14-5-3-13(18)4-6-14/h1-7H,8-11,18H2. The molecule has 2 heterocycles. The number of pyridine rings is 1. The SMILES string of the molecule is N#Cc1ncccc1N1CCN(c2ccc(N)cc2)CC1. The van der Waals surface area contributed by atoms with E-state index in [-0.39, 0.29) is 0 Å². The van der Waals surface area contributed by atoms with E-state index in [1.807, 2.05) is 24.3 Å². The molecule has 0 spiro atoms. The Balaban J connectivity index is 1.70. The fourth-order valence-electron chi connectivity index (χ4n) is 2.63. The van der Waals surface area contributed by atoms with Gasteiger partial charge in [0, 0.05) is 43.8 Å². The molecule has 1 saturated heterocycles. The van der Waals surface area contributed by atoms with Crippen LogP contribution >= 0.6 is 0 Å². The van der Waals surface area contributed by atoms with Gasteiger partial charge in [-0.2, -0.15) is 5.26 Å². The zero-order valence-corrected chi connectivity index (χ0v) is 11.7. The second-order valence-corrected chi connectivity index (χ2v) is 5.05. The molecule has 1 aromatic heterocycles. The van der Waals surface area contributed by atoms with E-state index < -0.39 is 0 Å². The van der Waals surface area contributed by atoms with Gasteiger partial charge in [0.15, 0.2) is 5.69 Å². The maximum absolute atomic E-state index is 9.14. The van der Waals surface area contributed by atoms with E-state index in [1.54, 1.807) is 6.20 Å². The van der Waals surface area contributed by atoms with E-state index in [0.29, 0.717) is 5.69 Å². The van der Waals surface area contributed by atoms with Crippen LogP contribution in [0.4, 0.5) is 17.1 Å². The molecule has 0 atom stereocenters. The number of nitrogen functional groups attached to an aromatic ring is 1. The number of nitrogens with zero attached hydrogens (tertiary/aromatic N) is 4. The van der Waals surface area contributed by atoms with E-state index in [9.17, 15) is 0 Å². The van der Waals surface area contributed by atoms with Crippen LogP contribution in [0.15, 0.2) is 42.6 Å². The highest BCUT2D eigenvalue weighted by atomic mass is 15.3. The Morgan fingerprint density at radius 1 is 1.00 bits per heavy atom. The van der Waals surface area contributed by atoms with Gasteiger partial charge in [0.1, 0.15) is 6.07 Å². The predicted molar refractivity (Wildman–Crippen MR) is 84.2 cm³/mol. The van der Waals surface area contributed by atoms with Crippen molar-refractivity contribution in [3.63, 3.8) is 0 Å². The summed E-state index contributed by atoms with van der Waals surface area (Å²) in [6.45, 7) is 3.60. The zero-order valence-electron chi connectivity index (χ0n) is 11.7. The number of anilines is 3. The fraction of sp³-hybridized carbons (Fsp3) is 0.250. The Labute approximate surface area is 124 Å². The molecule has 2 aromatic rings. The molecule has 0 unspecified atom stereocenters. The van der Waals surface area contributed by atoms with E-state index in [2.05, 4.69) is 33.0 Å². The molecule has 106 valence electrons. The second kappa shape index (κ2) is 5.71. The van der Waals surface area contributed by atoms with E-state index in [0.717, 1.165) is 37.6 Å². The number of benzene rings is 1. The molecular weight excluding hydrogens is 262 g/mol. The zero-order chi connectivity index (χ0) is 14.7. The number of piperazine rings is 1. The third kappa shape index (κ3) is 2.75. The Morgan fingerprint density at radius 2 is 1.67 bits per heavy atom.